The molecule has 0 atom stereocenters. The SMILES string of the molecule is CCNC(=NCc1cccc(OCC(N)=O)c1)NCc1ccc(C)cc1C.I. The van der Waals surface area contributed by atoms with Crippen molar-refractivity contribution in [3.8, 4) is 5.75 Å². The van der Waals surface area contributed by atoms with Gasteiger partial charge in [-0.3, -0.25) is 4.79 Å². The summed E-state index contributed by atoms with van der Waals surface area (Å²) < 4.78 is 5.34. The lowest BCUT2D eigenvalue weighted by Crippen LogP contribution is -2.36. The van der Waals surface area contributed by atoms with Crippen molar-refractivity contribution >= 4 is 35.8 Å². The van der Waals surface area contributed by atoms with E-state index in [1.165, 1.54) is 16.7 Å². The molecular formula is C21H29IN4O2. The molecule has 7 heteroatoms. The number of halogens is 1. The number of aryl methyl sites for hydroxylation is 2. The number of nitrogens with one attached hydrogen (secondary N) is 2. The van der Waals surface area contributed by atoms with Gasteiger partial charge in [0.1, 0.15) is 5.75 Å². The molecule has 0 aliphatic rings. The van der Waals surface area contributed by atoms with Crippen LogP contribution in [0.4, 0.5) is 0 Å². The van der Waals surface area contributed by atoms with Crippen molar-refractivity contribution in [3.05, 3.63) is 64.7 Å². The molecule has 0 spiro atoms. The maximum atomic E-state index is 10.8. The van der Waals surface area contributed by atoms with Gasteiger partial charge in [0.05, 0.1) is 6.54 Å². The number of rotatable bonds is 8. The fraction of sp³-hybridized carbons (Fsp3) is 0.333. The van der Waals surface area contributed by atoms with E-state index in [1.54, 1.807) is 6.07 Å². The molecule has 0 heterocycles. The number of nitrogens with zero attached hydrogens (tertiary/aromatic N) is 1. The molecule has 152 valence electrons. The van der Waals surface area contributed by atoms with Crippen molar-refractivity contribution < 1.29 is 9.53 Å². The third-order valence-corrected chi connectivity index (χ3v) is 3.99. The Hall–Kier alpha value is -2.29. The Bertz CT molecular complexity index is 809. The molecule has 0 bridgehead atoms. The van der Waals surface area contributed by atoms with Crippen molar-refractivity contribution in [2.45, 2.75) is 33.9 Å². The number of nitrogens with two attached hydrogens (primary N) is 1. The molecule has 0 fully saturated rings. The number of carbonyl (C=O) groups is 1. The fourth-order valence-corrected chi connectivity index (χ4v) is 2.62. The first-order valence-electron chi connectivity index (χ1n) is 9.06. The van der Waals surface area contributed by atoms with Crippen LogP contribution >= 0.6 is 24.0 Å². The summed E-state index contributed by atoms with van der Waals surface area (Å²) in [6, 6.07) is 13.9. The van der Waals surface area contributed by atoms with E-state index in [9.17, 15) is 4.79 Å². The van der Waals surface area contributed by atoms with Gasteiger partial charge in [-0.15, -0.1) is 24.0 Å². The number of carbonyl (C=O) groups excluding carboxylic acids is 1. The Balaban J connectivity index is 0.00000392. The molecule has 0 aliphatic carbocycles. The van der Waals surface area contributed by atoms with Gasteiger partial charge in [0.15, 0.2) is 12.6 Å². The smallest absolute Gasteiger partial charge is 0.255 e. The highest BCUT2D eigenvalue weighted by atomic mass is 127. The van der Waals surface area contributed by atoms with E-state index < -0.39 is 5.91 Å². The van der Waals surface area contributed by atoms with E-state index in [0.717, 1.165) is 18.1 Å². The molecule has 0 unspecified atom stereocenters. The first kappa shape index (κ1) is 23.7. The van der Waals surface area contributed by atoms with Crippen LogP contribution in [-0.4, -0.2) is 25.0 Å². The molecular weight excluding hydrogens is 467 g/mol. The van der Waals surface area contributed by atoms with Crippen molar-refractivity contribution in [2.75, 3.05) is 13.2 Å². The quantitative estimate of drug-likeness (QED) is 0.298. The lowest BCUT2D eigenvalue weighted by atomic mass is 10.1. The zero-order chi connectivity index (χ0) is 19.6. The zero-order valence-electron chi connectivity index (χ0n) is 16.6. The molecule has 4 N–H and O–H groups in total. The van der Waals surface area contributed by atoms with Gasteiger partial charge in [0.25, 0.3) is 5.91 Å². The minimum atomic E-state index is -0.497. The molecule has 2 aromatic rings. The topological polar surface area (TPSA) is 88.7 Å². The van der Waals surface area contributed by atoms with Gasteiger partial charge in [-0.05, 0) is 49.6 Å². The number of primary amides is 1. The average molecular weight is 496 g/mol. The summed E-state index contributed by atoms with van der Waals surface area (Å²) in [7, 11) is 0. The molecule has 0 saturated carbocycles. The second-order valence-electron chi connectivity index (χ2n) is 6.38. The van der Waals surface area contributed by atoms with E-state index in [-0.39, 0.29) is 30.6 Å². The number of hydrogen-bond donors (Lipinski definition) is 3. The summed E-state index contributed by atoms with van der Waals surface area (Å²) in [6.45, 7) is 8.10. The summed E-state index contributed by atoms with van der Waals surface area (Å²) in [5.41, 5.74) is 9.86. The fourth-order valence-electron chi connectivity index (χ4n) is 2.62. The van der Waals surface area contributed by atoms with Crippen LogP contribution in [0.25, 0.3) is 0 Å². The highest BCUT2D eigenvalue weighted by Gasteiger charge is 2.03. The average Bonchev–Trinajstić information content (AvgIpc) is 2.64. The first-order chi connectivity index (χ1) is 13.0. The highest BCUT2D eigenvalue weighted by molar-refractivity contribution is 14.0. The van der Waals surface area contributed by atoms with Crippen LogP contribution < -0.4 is 21.1 Å². The van der Waals surface area contributed by atoms with Gasteiger partial charge in [0.2, 0.25) is 0 Å². The third-order valence-electron chi connectivity index (χ3n) is 3.99. The van der Waals surface area contributed by atoms with Crippen LogP contribution in [-0.2, 0) is 17.9 Å². The van der Waals surface area contributed by atoms with E-state index in [4.69, 9.17) is 10.5 Å². The van der Waals surface area contributed by atoms with Crippen LogP contribution in [0.5, 0.6) is 5.75 Å². The maximum absolute atomic E-state index is 10.8. The standard InChI is InChI=1S/C21H28N4O2.HI/c1-4-23-21(25-13-18-9-8-15(2)10-16(18)3)24-12-17-6-5-7-19(11-17)27-14-20(22)26;/h5-11H,4,12-14H2,1-3H3,(H2,22,26)(H2,23,24,25);1H. The minimum Gasteiger partial charge on any atom is -0.484 e. The summed E-state index contributed by atoms with van der Waals surface area (Å²) in [5, 5.41) is 6.62. The second kappa shape index (κ2) is 12.2. The van der Waals surface area contributed by atoms with Crippen LogP contribution in [0.15, 0.2) is 47.5 Å². The van der Waals surface area contributed by atoms with Crippen molar-refractivity contribution in [1.82, 2.24) is 10.6 Å². The number of hydrogen-bond acceptors (Lipinski definition) is 3. The van der Waals surface area contributed by atoms with Crippen molar-refractivity contribution in [2.24, 2.45) is 10.7 Å². The Morgan fingerprint density at radius 1 is 1.14 bits per heavy atom. The van der Waals surface area contributed by atoms with Crippen LogP contribution in [0, 0.1) is 13.8 Å². The number of benzene rings is 2. The van der Waals surface area contributed by atoms with Gasteiger partial charge in [-0.25, -0.2) is 4.99 Å². The first-order valence-corrected chi connectivity index (χ1v) is 9.06. The van der Waals surface area contributed by atoms with Crippen molar-refractivity contribution in [1.29, 1.82) is 0 Å². The summed E-state index contributed by atoms with van der Waals surface area (Å²) in [5.74, 6) is 0.860. The molecule has 0 saturated heterocycles. The second-order valence-corrected chi connectivity index (χ2v) is 6.38. The molecule has 2 aromatic carbocycles. The van der Waals surface area contributed by atoms with E-state index in [0.29, 0.717) is 18.8 Å². The zero-order valence-corrected chi connectivity index (χ0v) is 18.9. The number of ether oxygens (including phenoxy) is 1. The summed E-state index contributed by atoms with van der Waals surface area (Å²) in [6.07, 6.45) is 0. The predicted octanol–water partition coefficient (Wildman–Crippen LogP) is 3.04. The number of amides is 1. The van der Waals surface area contributed by atoms with Gasteiger partial charge < -0.3 is 21.1 Å². The Kier molecular flexibility index (Phi) is 10.4. The van der Waals surface area contributed by atoms with Gasteiger partial charge in [0, 0.05) is 13.1 Å². The molecule has 2 rings (SSSR count). The van der Waals surface area contributed by atoms with Crippen LogP contribution in [0.1, 0.15) is 29.2 Å². The molecule has 28 heavy (non-hydrogen) atoms. The van der Waals surface area contributed by atoms with E-state index in [1.807, 2.05) is 25.1 Å². The predicted molar refractivity (Wildman–Crippen MR) is 124 cm³/mol. The third kappa shape index (κ3) is 8.16. The van der Waals surface area contributed by atoms with Gasteiger partial charge >= 0.3 is 0 Å². The van der Waals surface area contributed by atoms with Crippen LogP contribution in [0.3, 0.4) is 0 Å². The summed E-state index contributed by atoms with van der Waals surface area (Å²) >= 11 is 0. The normalized spacial score (nSPS) is 10.8. The minimum absolute atomic E-state index is 0. The van der Waals surface area contributed by atoms with Gasteiger partial charge in [-0.2, -0.15) is 0 Å². The number of aliphatic imine (C=N–C) groups is 1. The Morgan fingerprint density at radius 3 is 2.61 bits per heavy atom. The molecule has 0 aromatic heterocycles. The van der Waals surface area contributed by atoms with Gasteiger partial charge in [-0.1, -0.05) is 35.9 Å². The molecule has 1 amide bonds. The largest absolute Gasteiger partial charge is 0.484 e. The Morgan fingerprint density at radius 2 is 1.93 bits per heavy atom. The monoisotopic (exact) mass is 496 g/mol. The number of guanidine groups is 1. The molecule has 6 nitrogen and oxygen atoms in total. The lowest BCUT2D eigenvalue weighted by Gasteiger charge is -2.13. The van der Waals surface area contributed by atoms with Crippen LogP contribution in [0.2, 0.25) is 0 Å². The van der Waals surface area contributed by atoms with E-state index >= 15 is 0 Å². The summed E-state index contributed by atoms with van der Waals surface area (Å²) in [4.78, 5) is 15.5. The molecule has 0 aliphatic heterocycles. The molecule has 0 radical (unpaired) electrons. The highest BCUT2D eigenvalue weighted by Crippen LogP contribution is 2.14. The Labute approximate surface area is 184 Å². The van der Waals surface area contributed by atoms with E-state index in [2.05, 4.69) is 47.7 Å². The van der Waals surface area contributed by atoms with Crippen molar-refractivity contribution in [3.63, 3.8) is 0 Å². The lowest BCUT2D eigenvalue weighted by molar-refractivity contribution is -0.119. The maximum Gasteiger partial charge on any atom is 0.255 e.